The molecule has 0 N–H and O–H groups in total. The van der Waals surface area contributed by atoms with Crippen molar-refractivity contribution >= 4 is 0 Å². The van der Waals surface area contributed by atoms with Crippen LogP contribution in [-0.4, -0.2) is 30.3 Å². The van der Waals surface area contributed by atoms with Crippen molar-refractivity contribution < 1.29 is 17.7 Å². The van der Waals surface area contributed by atoms with E-state index in [-0.39, 0.29) is 18.3 Å². The maximum atomic E-state index is 12.6. The van der Waals surface area contributed by atoms with Crippen LogP contribution in [0.15, 0.2) is 59.1 Å². The fourth-order valence-corrected chi connectivity index (χ4v) is 2.38. The van der Waals surface area contributed by atoms with Gasteiger partial charge in [-0.15, -0.1) is 10.2 Å². The third-order valence-corrected chi connectivity index (χ3v) is 3.70. The molecule has 2 aromatic heterocycles. The normalized spacial score (nSPS) is 11.7. The van der Waals surface area contributed by atoms with Gasteiger partial charge in [-0.3, -0.25) is 0 Å². The summed E-state index contributed by atoms with van der Waals surface area (Å²) in [7, 11) is 0. The minimum Gasteiger partial charge on any atom is -0.337 e. The van der Waals surface area contributed by atoms with Gasteiger partial charge in [-0.05, 0) is 17.3 Å². The highest BCUT2D eigenvalue weighted by Crippen LogP contribution is 2.30. The standard InChI is InChI=1S/C17H11F3N6O/c18-17(19,20)13-8-6-12(7-9-13)15-21-14(27-24-15)10-26-23-16(22-25-26)11-4-2-1-3-5-11/h1-9H,10H2. The summed E-state index contributed by atoms with van der Waals surface area (Å²) in [5.74, 6) is 0.849. The van der Waals surface area contributed by atoms with Gasteiger partial charge in [0, 0.05) is 11.1 Å². The highest BCUT2D eigenvalue weighted by molar-refractivity contribution is 5.55. The second-order valence-corrected chi connectivity index (χ2v) is 5.60. The van der Waals surface area contributed by atoms with Crippen molar-refractivity contribution in [2.24, 2.45) is 0 Å². The van der Waals surface area contributed by atoms with Crippen LogP contribution in [0.25, 0.3) is 22.8 Å². The Balaban J connectivity index is 1.49. The van der Waals surface area contributed by atoms with Gasteiger partial charge in [0.05, 0.1) is 5.56 Å². The van der Waals surface area contributed by atoms with Gasteiger partial charge in [-0.1, -0.05) is 47.6 Å². The summed E-state index contributed by atoms with van der Waals surface area (Å²) in [5, 5.41) is 15.9. The van der Waals surface area contributed by atoms with E-state index in [9.17, 15) is 13.2 Å². The van der Waals surface area contributed by atoms with E-state index in [4.69, 9.17) is 4.52 Å². The quantitative estimate of drug-likeness (QED) is 0.546. The zero-order valence-corrected chi connectivity index (χ0v) is 13.6. The summed E-state index contributed by atoms with van der Waals surface area (Å²) < 4.78 is 43.0. The third-order valence-electron chi connectivity index (χ3n) is 3.70. The van der Waals surface area contributed by atoms with Gasteiger partial charge in [-0.25, -0.2) is 0 Å². The van der Waals surface area contributed by atoms with E-state index < -0.39 is 11.7 Å². The predicted octanol–water partition coefficient (Wildman–Crippen LogP) is 3.46. The molecular formula is C17H11F3N6O. The molecule has 27 heavy (non-hydrogen) atoms. The summed E-state index contributed by atoms with van der Waals surface area (Å²) in [4.78, 5) is 5.46. The van der Waals surface area contributed by atoms with Gasteiger partial charge < -0.3 is 4.52 Å². The SMILES string of the molecule is FC(F)(F)c1ccc(-c2noc(Cn3nnc(-c4ccccc4)n3)n2)cc1. The van der Waals surface area contributed by atoms with Gasteiger partial charge in [0.1, 0.15) is 6.54 Å². The predicted molar refractivity (Wildman–Crippen MR) is 87.1 cm³/mol. The Labute approximate surface area is 150 Å². The maximum Gasteiger partial charge on any atom is 0.416 e. The van der Waals surface area contributed by atoms with Crippen LogP contribution >= 0.6 is 0 Å². The highest BCUT2D eigenvalue weighted by Gasteiger charge is 2.30. The number of aromatic nitrogens is 6. The van der Waals surface area contributed by atoms with E-state index >= 15 is 0 Å². The molecule has 0 bridgehead atoms. The van der Waals surface area contributed by atoms with E-state index in [1.54, 1.807) is 0 Å². The Morgan fingerprint density at radius 1 is 0.889 bits per heavy atom. The van der Waals surface area contributed by atoms with Gasteiger partial charge >= 0.3 is 6.18 Å². The monoisotopic (exact) mass is 372 g/mol. The zero-order valence-electron chi connectivity index (χ0n) is 13.6. The van der Waals surface area contributed by atoms with Crippen molar-refractivity contribution in [1.29, 1.82) is 0 Å². The molecule has 4 rings (SSSR count). The van der Waals surface area contributed by atoms with Crippen LogP contribution in [0.2, 0.25) is 0 Å². The fourth-order valence-electron chi connectivity index (χ4n) is 2.38. The Morgan fingerprint density at radius 2 is 1.59 bits per heavy atom. The smallest absolute Gasteiger partial charge is 0.337 e. The largest absolute Gasteiger partial charge is 0.416 e. The van der Waals surface area contributed by atoms with Crippen LogP contribution in [0.3, 0.4) is 0 Å². The van der Waals surface area contributed by atoms with Crippen molar-refractivity contribution in [1.82, 2.24) is 30.3 Å². The average molecular weight is 372 g/mol. The van der Waals surface area contributed by atoms with Gasteiger partial charge in [0.2, 0.25) is 11.6 Å². The summed E-state index contributed by atoms with van der Waals surface area (Å²) in [6.07, 6.45) is -4.39. The molecule has 0 unspecified atom stereocenters. The molecule has 0 atom stereocenters. The lowest BCUT2D eigenvalue weighted by atomic mass is 10.1. The maximum absolute atomic E-state index is 12.6. The van der Waals surface area contributed by atoms with Crippen molar-refractivity contribution in [3.05, 3.63) is 66.1 Å². The number of tetrazole rings is 1. The number of nitrogens with zero attached hydrogens (tertiary/aromatic N) is 6. The van der Waals surface area contributed by atoms with Crippen LogP contribution in [0.4, 0.5) is 13.2 Å². The molecule has 0 spiro atoms. The van der Waals surface area contributed by atoms with Gasteiger partial charge in [0.25, 0.3) is 5.89 Å². The zero-order chi connectivity index (χ0) is 18.9. The molecule has 0 aliphatic heterocycles. The van der Waals surface area contributed by atoms with Gasteiger partial charge in [0.15, 0.2) is 0 Å². The van der Waals surface area contributed by atoms with Gasteiger partial charge in [-0.2, -0.15) is 23.0 Å². The molecule has 0 saturated carbocycles. The number of rotatable bonds is 4. The number of benzene rings is 2. The molecule has 0 radical (unpaired) electrons. The number of hydrogen-bond donors (Lipinski definition) is 0. The van der Waals surface area contributed by atoms with E-state index in [1.807, 2.05) is 30.3 Å². The van der Waals surface area contributed by atoms with Crippen LogP contribution in [0.1, 0.15) is 11.5 Å². The van der Waals surface area contributed by atoms with Crippen LogP contribution < -0.4 is 0 Å². The number of alkyl halides is 3. The summed E-state index contributed by atoms with van der Waals surface area (Å²) in [6.45, 7) is 0.0907. The van der Waals surface area contributed by atoms with E-state index in [1.165, 1.54) is 16.9 Å². The van der Waals surface area contributed by atoms with E-state index in [2.05, 4.69) is 25.6 Å². The Morgan fingerprint density at radius 3 is 2.30 bits per heavy atom. The second-order valence-electron chi connectivity index (χ2n) is 5.60. The fraction of sp³-hybridized carbons (Fsp3) is 0.118. The van der Waals surface area contributed by atoms with Crippen molar-refractivity contribution in [3.63, 3.8) is 0 Å². The lowest BCUT2D eigenvalue weighted by Crippen LogP contribution is -2.04. The Hall–Kier alpha value is -3.56. The van der Waals surface area contributed by atoms with Crippen LogP contribution in [-0.2, 0) is 12.7 Å². The minimum absolute atomic E-state index is 0.0907. The van der Waals surface area contributed by atoms with Crippen molar-refractivity contribution in [2.45, 2.75) is 12.7 Å². The molecule has 4 aromatic rings. The second kappa shape index (κ2) is 6.63. The highest BCUT2D eigenvalue weighted by atomic mass is 19.4. The molecule has 10 heteroatoms. The summed E-state index contributed by atoms with van der Waals surface area (Å²) >= 11 is 0. The molecule has 2 heterocycles. The van der Waals surface area contributed by atoms with Crippen LogP contribution in [0, 0.1) is 0 Å². The molecule has 0 fully saturated rings. The van der Waals surface area contributed by atoms with Crippen molar-refractivity contribution in [3.8, 4) is 22.8 Å². The third kappa shape index (κ3) is 3.68. The molecule has 2 aromatic carbocycles. The lowest BCUT2D eigenvalue weighted by Gasteiger charge is -2.05. The summed E-state index contributed by atoms with van der Waals surface area (Å²) in [5.41, 5.74) is 0.490. The average Bonchev–Trinajstić information content (AvgIpc) is 3.32. The molecule has 0 saturated heterocycles. The first-order chi connectivity index (χ1) is 13.0. The molecular weight excluding hydrogens is 361 g/mol. The Kier molecular flexibility index (Phi) is 4.15. The first kappa shape index (κ1) is 16.9. The number of halogens is 3. The molecule has 7 nitrogen and oxygen atoms in total. The number of hydrogen-bond acceptors (Lipinski definition) is 6. The summed E-state index contributed by atoms with van der Waals surface area (Å²) in [6, 6.07) is 13.8. The molecule has 0 aliphatic carbocycles. The lowest BCUT2D eigenvalue weighted by molar-refractivity contribution is -0.137. The first-order valence-corrected chi connectivity index (χ1v) is 7.82. The van der Waals surface area contributed by atoms with Crippen molar-refractivity contribution in [2.75, 3.05) is 0 Å². The van der Waals surface area contributed by atoms with E-state index in [0.29, 0.717) is 11.4 Å². The van der Waals surface area contributed by atoms with E-state index in [0.717, 1.165) is 17.7 Å². The molecule has 0 aliphatic rings. The van der Waals surface area contributed by atoms with Crippen LogP contribution in [0.5, 0.6) is 0 Å². The minimum atomic E-state index is -4.39. The molecule has 136 valence electrons. The Bertz CT molecular complexity index is 1040. The first-order valence-electron chi connectivity index (χ1n) is 7.82. The topological polar surface area (TPSA) is 82.5 Å². The molecule has 0 amide bonds.